The maximum Gasteiger partial charge on any atom is 0.323 e. The molecule has 0 aromatic heterocycles. The summed E-state index contributed by atoms with van der Waals surface area (Å²) in [6, 6.07) is 5.83. The number of ether oxygens (including phenoxy) is 1. The minimum atomic E-state index is -1.11. The monoisotopic (exact) mass is 575 g/mol. The number of carbonyl (C=O) groups excluding carboxylic acids is 1. The molecule has 1 atom stereocenters. The Labute approximate surface area is 138 Å². The largest absolute Gasteiger partial charge is 0.520 e. The first kappa shape index (κ1) is 22.8. The Hall–Kier alpha value is -3.48. The number of carboxylic acids is 1. The van der Waals surface area contributed by atoms with E-state index in [0.717, 1.165) is 5.56 Å². The Kier molecular flexibility index (Phi) is 10.6. The molecule has 6 heteroatoms. The topological polar surface area (TPSA) is 75.6 Å². The molecule has 1 aromatic rings. The van der Waals surface area contributed by atoms with Crippen molar-refractivity contribution in [3.63, 3.8) is 0 Å². The van der Waals surface area contributed by atoms with Gasteiger partial charge in [-0.1, -0.05) is 45.7 Å². The molecular weight excluding hydrogens is 551 g/mol. The Bertz CT molecular complexity index is 523. The third kappa shape index (κ3) is 12.3. The molecule has 0 saturated carbocycles. The first-order chi connectivity index (χ1) is 10.7. The molecule has 1 unspecified atom stereocenters. The van der Waals surface area contributed by atoms with Gasteiger partial charge in [0, 0.05) is 6.42 Å². The van der Waals surface area contributed by atoms with Crippen molar-refractivity contribution in [3.05, 3.63) is 29.8 Å². The zero-order valence-electron chi connectivity index (χ0n) is 14.3. The molecule has 24 heavy (non-hydrogen) atoms. The van der Waals surface area contributed by atoms with Crippen LogP contribution in [-0.2, 0) is 16.0 Å². The van der Waals surface area contributed by atoms with Gasteiger partial charge in [-0.25, -0.2) is 0 Å². The number of hydrogen-bond donors (Lipinski definition) is 2. The van der Waals surface area contributed by atoms with Gasteiger partial charge in [-0.15, -0.1) is 6.42 Å². The second-order valence-corrected chi connectivity index (χ2v) is 6.48. The third-order valence-electron chi connectivity index (χ3n) is 2.22. The molecule has 0 heterocycles. The summed E-state index contributed by atoms with van der Waals surface area (Å²) in [5.74, 6) is 1.85. The summed E-state index contributed by atoms with van der Waals surface area (Å²) in [7, 11) is 0. The summed E-state index contributed by atoms with van der Waals surface area (Å²) in [6.45, 7) is 8.93. The van der Waals surface area contributed by atoms with E-state index in [1.807, 2.05) is 0 Å². The molecule has 0 aliphatic carbocycles. The van der Waals surface area contributed by atoms with Crippen molar-refractivity contribution in [2.24, 2.45) is 5.41 Å². The van der Waals surface area contributed by atoms with E-state index < -0.39 is 12.0 Å². The van der Waals surface area contributed by atoms with Crippen LogP contribution in [0.25, 0.3) is 0 Å². The standard InChI is InChI=1S/C13H12NO4.C5H12.Fm/c1-2-7-18-11-5-3-10(4-6-11)8-12(13(16)17)14-9-15;1-5(2,3)4;/h1,3-6,12H,7-8H2,(H,14,15)(H,16,17);1-4H3;/q-1;;. The van der Waals surface area contributed by atoms with Crippen LogP contribution < -0.4 is 10.1 Å². The first-order valence-corrected chi connectivity index (χ1v) is 7.18. The van der Waals surface area contributed by atoms with Crippen LogP contribution in [0.3, 0.4) is 0 Å². The van der Waals surface area contributed by atoms with Crippen LogP contribution in [0, 0.1) is 17.8 Å². The predicted molar refractivity (Wildman–Crippen MR) is 89.9 cm³/mol. The number of terminal acetylenes is 1. The predicted octanol–water partition coefficient (Wildman–Crippen LogP) is 2.40. The molecule has 0 bridgehead atoms. The van der Waals surface area contributed by atoms with E-state index >= 15 is 0 Å². The number of benzene rings is 1. The third-order valence-corrected chi connectivity index (χ3v) is 2.22. The van der Waals surface area contributed by atoms with Crippen molar-refractivity contribution >= 4 is 12.4 Å². The second-order valence-electron chi connectivity index (χ2n) is 6.48. The van der Waals surface area contributed by atoms with Gasteiger partial charge in [0.05, 0.1) is 0 Å². The number of nitrogens with one attached hydrogen (secondary N) is 1. The van der Waals surface area contributed by atoms with Crippen molar-refractivity contribution < 1.29 is 19.4 Å². The summed E-state index contributed by atoms with van der Waals surface area (Å²) in [5.41, 5.74) is 1.26. The normalized spacial score (nSPS) is 10.8. The maximum atomic E-state index is 10.8. The van der Waals surface area contributed by atoms with Crippen LogP contribution in [0.5, 0.6) is 5.75 Å². The van der Waals surface area contributed by atoms with E-state index in [1.54, 1.807) is 24.3 Å². The fourth-order valence-electron chi connectivity index (χ4n) is 1.35. The van der Waals surface area contributed by atoms with Gasteiger partial charge in [-0.2, -0.15) is 6.41 Å². The summed E-state index contributed by atoms with van der Waals surface area (Å²) in [4.78, 5) is 21.0. The van der Waals surface area contributed by atoms with E-state index in [-0.39, 0.29) is 13.0 Å². The Balaban J connectivity index is 0. The summed E-state index contributed by atoms with van der Waals surface area (Å²) in [5, 5.41) is 11.0. The fourth-order valence-corrected chi connectivity index (χ4v) is 1.35. The molecule has 0 aliphatic heterocycles. The second kappa shape index (κ2) is 11.1. The van der Waals surface area contributed by atoms with E-state index in [4.69, 9.17) is 16.3 Å². The first-order valence-electron chi connectivity index (χ1n) is 7.18. The zero-order valence-corrected chi connectivity index (χ0v) is 16.7. The molecule has 138 valence electrons. The molecule has 0 spiro atoms. The fraction of sp³-hybridized carbons (Fsp3) is 0.444. The Morgan fingerprint density at radius 3 is 2.21 bits per heavy atom. The van der Waals surface area contributed by atoms with Gasteiger partial charge < -0.3 is 20.0 Å². The molecule has 1 aromatic carbocycles. The maximum absolute atomic E-state index is 10.8. The van der Waals surface area contributed by atoms with Gasteiger partial charge in [0.15, 0.2) is 0 Å². The minimum absolute atomic E-state index is 0. The smallest absolute Gasteiger partial charge is 0.323 e. The number of carboxylic acid groups (broad SMARTS) is 1. The average Bonchev–Trinajstić information content (AvgIpc) is 2.44. The zero-order chi connectivity index (χ0) is 17.9. The van der Waals surface area contributed by atoms with Gasteiger partial charge in [0.25, 0.3) is 0 Å². The van der Waals surface area contributed by atoms with Gasteiger partial charge in [-0.05, 0) is 23.1 Å². The van der Waals surface area contributed by atoms with E-state index in [0.29, 0.717) is 11.2 Å². The molecule has 1 rings (SSSR count). The molecule has 1 amide bonds. The molecule has 0 saturated heterocycles. The SMILES string of the molecule is C#CCOc1ccc(CC(N[C-]=O)C(=O)O)cc1.CC(C)(C)C.[Fm]. The van der Waals surface area contributed by atoms with Crippen molar-refractivity contribution in [1.82, 2.24) is 5.32 Å². The van der Waals surface area contributed by atoms with E-state index in [2.05, 4.69) is 38.9 Å². The summed E-state index contributed by atoms with van der Waals surface area (Å²) < 4.78 is 5.18. The van der Waals surface area contributed by atoms with Crippen molar-refractivity contribution in [2.45, 2.75) is 40.2 Å². The number of aliphatic carboxylic acids is 1. The van der Waals surface area contributed by atoms with Gasteiger partial charge in [0.1, 0.15) is 18.4 Å². The minimum Gasteiger partial charge on any atom is -0.520 e. The van der Waals surface area contributed by atoms with Crippen molar-refractivity contribution in [2.75, 3.05) is 6.61 Å². The average molecular weight is 575 g/mol. The molecule has 5 nitrogen and oxygen atoms in total. The summed E-state index contributed by atoms with van der Waals surface area (Å²) >= 11 is 0. The number of rotatable bonds is 7. The molecule has 0 fully saturated rings. The van der Waals surface area contributed by atoms with Crippen molar-refractivity contribution in [3.8, 4) is 18.1 Å². The molecule has 0 radical (unpaired) electrons. The molecule has 2 N–H and O–H groups in total. The Morgan fingerprint density at radius 2 is 1.83 bits per heavy atom. The van der Waals surface area contributed by atoms with Crippen LogP contribution in [0.15, 0.2) is 24.3 Å². The molecule has 0 aliphatic rings. The van der Waals surface area contributed by atoms with Crippen LogP contribution >= 0.6 is 0 Å². The van der Waals surface area contributed by atoms with Gasteiger partial charge >= 0.3 is 5.97 Å². The van der Waals surface area contributed by atoms with Crippen LogP contribution in [0.2, 0.25) is 0 Å². The quantitative estimate of drug-likeness (QED) is 0.298. The van der Waals surface area contributed by atoms with Crippen LogP contribution in [-0.4, -0.2) is 30.1 Å². The molecular formula is C18H24FmNO4-. The Morgan fingerprint density at radius 1 is 1.33 bits per heavy atom. The van der Waals surface area contributed by atoms with Gasteiger partial charge in [-0.3, -0.25) is 4.79 Å². The van der Waals surface area contributed by atoms with E-state index in [1.165, 1.54) is 6.41 Å². The van der Waals surface area contributed by atoms with Crippen molar-refractivity contribution in [1.29, 1.82) is 0 Å². The number of carbonyl (C=O) groups is 1. The van der Waals surface area contributed by atoms with Crippen LogP contribution in [0.1, 0.15) is 33.3 Å². The summed E-state index contributed by atoms with van der Waals surface area (Å²) in [6.07, 6.45) is 6.62. The van der Waals surface area contributed by atoms with Gasteiger partial charge in [0.2, 0.25) is 0 Å². The number of amides is 1. The number of hydrogen-bond acceptors (Lipinski definition) is 3. The van der Waals surface area contributed by atoms with Crippen LogP contribution in [0.4, 0.5) is 0 Å². The van der Waals surface area contributed by atoms with E-state index in [9.17, 15) is 9.59 Å².